The number of fused-ring (bicyclic) bond motifs is 1. The van der Waals surface area contributed by atoms with Crippen molar-refractivity contribution >= 4 is 17.3 Å². The Morgan fingerprint density at radius 2 is 1.69 bits per heavy atom. The maximum Gasteiger partial charge on any atom is 0.115 e. The topological polar surface area (TPSA) is 32.3 Å². The first-order chi connectivity index (χ1) is 12.8. The molecule has 1 aliphatic carbocycles. The fourth-order valence-corrected chi connectivity index (χ4v) is 4.28. The molecule has 0 unspecified atom stereocenters. The van der Waals surface area contributed by atoms with Gasteiger partial charge in [0.15, 0.2) is 0 Å². The van der Waals surface area contributed by atoms with E-state index in [2.05, 4.69) is 31.9 Å². The van der Waals surface area contributed by atoms with Crippen molar-refractivity contribution in [1.29, 1.82) is 0 Å². The average molecular weight is 371 g/mol. The molecule has 1 aromatic carbocycles. The van der Waals surface area contributed by atoms with Gasteiger partial charge in [0, 0.05) is 48.3 Å². The third-order valence-electron chi connectivity index (χ3n) is 5.67. The Labute approximate surface area is 161 Å². The number of aryl methyl sites for hydroxylation is 2. The van der Waals surface area contributed by atoms with Crippen LogP contribution in [0.25, 0.3) is 0 Å². The zero-order valence-electron chi connectivity index (χ0n) is 15.3. The van der Waals surface area contributed by atoms with Crippen LogP contribution in [0.1, 0.15) is 36.2 Å². The highest BCUT2D eigenvalue weighted by Gasteiger charge is 2.18. The second kappa shape index (κ2) is 8.36. The van der Waals surface area contributed by atoms with E-state index in [9.17, 15) is 0 Å². The lowest BCUT2D eigenvalue weighted by Gasteiger charge is -2.36. The molecule has 26 heavy (non-hydrogen) atoms. The lowest BCUT2D eigenvalue weighted by Crippen LogP contribution is -2.46. The number of hydrogen-bond donors (Lipinski definition) is 0. The maximum absolute atomic E-state index is 5.99. The van der Waals surface area contributed by atoms with Crippen molar-refractivity contribution < 1.29 is 0 Å². The van der Waals surface area contributed by atoms with Gasteiger partial charge < -0.3 is 4.90 Å². The first-order valence-corrected chi connectivity index (χ1v) is 10.2. The molecule has 1 aromatic heterocycles. The Balaban J connectivity index is 1.25. The summed E-state index contributed by atoms with van der Waals surface area (Å²) in [6, 6.07) is 8.20. The molecule has 0 saturated carbocycles. The van der Waals surface area contributed by atoms with Gasteiger partial charge in [0.05, 0.1) is 0 Å². The van der Waals surface area contributed by atoms with Crippen LogP contribution in [-0.2, 0) is 19.3 Å². The van der Waals surface area contributed by atoms with Gasteiger partial charge in [-0.2, -0.15) is 0 Å². The molecular formula is C21H27ClN4. The third-order valence-corrected chi connectivity index (χ3v) is 5.92. The van der Waals surface area contributed by atoms with Crippen LogP contribution in [0.4, 0.5) is 5.69 Å². The first kappa shape index (κ1) is 17.7. The second-order valence-electron chi connectivity index (χ2n) is 7.36. The van der Waals surface area contributed by atoms with Crippen LogP contribution < -0.4 is 4.90 Å². The van der Waals surface area contributed by atoms with Gasteiger partial charge in [0.2, 0.25) is 0 Å². The highest BCUT2D eigenvalue weighted by molar-refractivity contribution is 6.30. The van der Waals surface area contributed by atoms with E-state index in [1.807, 2.05) is 12.1 Å². The third kappa shape index (κ3) is 4.18. The molecule has 0 amide bonds. The molecule has 1 fully saturated rings. The molecule has 0 radical (unpaired) electrons. The van der Waals surface area contributed by atoms with Crippen LogP contribution in [0, 0.1) is 0 Å². The number of nitrogens with zero attached hydrogens (tertiary/aromatic N) is 4. The molecule has 1 saturated heterocycles. The number of rotatable bonds is 5. The van der Waals surface area contributed by atoms with Crippen LogP contribution in [0.2, 0.25) is 5.02 Å². The van der Waals surface area contributed by atoms with Crippen molar-refractivity contribution in [2.75, 3.05) is 37.6 Å². The number of halogens is 1. The Morgan fingerprint density at radius 3 is 2.50 bits per heavy atom. The Kier molecular flexibility index (Phi) is 5.71. The number of piperazine rings is 1. The molecule has 2 aromatic rings. The predicted octanol–water partition coefficient (Wildman–Crippen LogP) is 3.76. The summed E-state index contributed by atoms with van der Waals surface area (Å²) in [6.07, 6.45) is 8.92. The summed E-state index contributed by atoms with van der Waals surface area (Å²) in [6.45, 7) is 5.59. The van der Waals surface area contributed by atoms with Crippen LogP contribution in [0.15, 0.2) is 30.6 Å². The Bertz CT molecular complexity index is 723. The van der Waals surface area contributed by atoms with Gasteiger partial charge in [-0.05, 0) is 74.9 Å². The quantitative estimate of drug-likeness (QED) is 0.802. The summed E-state index contributed by atoms with van der Waals surface area (Å²) in [4.78, 5) is 14.1. The summed E-state index contributed by atoms with van der Waals surface area (Å²) in [5.74, 6) is 0. The van der Waals surface area contributed by atoms with Gasteiger partial charge in [-0.25, -0.2) is 9.97 Å². The lowest BCUT2D eigenvalue weighted by atomic mass is 9.93. The van der Waals surface area contributed by atoms with Gasteiger partial charge in [-0.1, -0.05) is 11.6 Å². The predicted molar refractivity (Wildman–Crippen MR) is 107 cm³/mol. The second-order valence-corrected chi connectivity index (χ2v) is 7.80. The Hall–Kier alpha value is -1.65. The van der Waals surface area contributed by atoms with Crippen LogP contribution in [0.5, 0.6) is 0 Å². The molecule has 2 aliphatic rings. The summed E-state index contributed by atoms with van der Waals surface area (Å²) >= 11 is 5.99. The summed E-state index contributed by atoms with van der Waals surface area (Å²) in [5, 5.41) is 0.805. The fourth-order valence-electron chi connectivity index (χ4n) is 4.16. The summed E-state index contributed by atoms with van der Waals surface area (Å²) < 4.78 is 0. The van der Waals surface area contributed by atoms with E-state index >= 15 is 0 Å². The van der Waals surface area contributed by atoms with E-state index in [4.69, 9.17) is 11.6 Å². The molecule has 5 heteroatoms. The molecule has 0 bridgehead atoms. The number of anilines is 1. The van der Waals surface area contributed by atoms with Crippen LogP contribution >= 0.6 is 11.6 Å². The van der Waals surface area contributed by atoms with Gasteiger partial charge in [0.25, 0.3) is 0 Å². The average Bonchev–Trinajstić information content (AvgIpc) is 2.69. The molecule has 1 aliphatic heterocycles. The normalized spacial score (nSPS) is 18.0. The molecule has 0 N–H and O–H groups in total. The number of benzene rings is 1. The minimum Gasteiger partial charge on any atom is -0.369 e. The monoisotopic (exact) mass is 370 g/mol. The van der Waals surface area contributed by atoms with Crippen molar-refractivity contribution in [3.63, 3.8) is 0 Å². The summed E-state index contributed by atoms with van der Waals surface area (Å²) in [5.41, 5.74) is 5.33. The fraction of sp³-hybridized carbons (Fsp3) is 0.524. The van der Waals surface area contributed by atoms with E-state index in [1.54, 1.807) is 6.33 Å². The van der Waals surface area contributed by atoms with E-state index < -0.39 is 0 Å². The highest BCUT2D eigenvalue weighted by Crippen LogP contribution is 2.22. The standard InChI is InChI=1S/C21H27ClN4/c22-17-7-9-18(10-8-17)26-14-12-25(13-15-26)11-3-6-21-19-4-1-2-5-20(19)23-16-24-21/h7-10,16H,1-6,11-15H2. The van der Waals surface area contributed by atoms with E-state index in [-0.39, 0.29) is 0 Å². The molecule has 0 spiro atoms. The van der Waals surface area contributed by atoms with Gasteiger partial charge in [-0.15, -0.1) is 0 Å². The minimum atomic E-state index is 0.805. The molecule has 2 heterocycles. The number of aromatic nitrogens is 2. The zero-order chi connectivity index (χ0) is 17.8. The van der Waals surface area contributed by atoms with Crippen LogP contribution in [-0.4, -0.2) is 47.6 Å². The molecule has 138 valence electrons. The number of hydrogen-bond acceptors (Lipinski definition) is 4. The van der Waals surface area contributed by atoms with E-state index in [0.717, 1.165) is 50.6 Å². The smallest absolute Gasteiger partial charge is 0.115 e. The largest absolute Gasteiger partial charge is 0.369 e. The summed E-state index contributed by atoms with van der Waals surface area (Å²) in [7, 11) is 0. The van der Waals surface area contributed by atoms with Gasteiger partial charge in [-0.3, -0.25) is 4.90 Å². The van der Waals surface area contributed by atoms with E-state index in [1.165, 1.54) is 48.3 Å². The van der Waals surface area contributed by atoms with Crippen molar-refractivity contribution in [3.8, 4) is 0 Å². The SMILES string of the molecule is Clc1ccc(N2CCN(CCCc3ncnc4c3CCCC4)CC2)cc1. The maximum atomic E-state index is 5.99. The molecule has 0 atom stereocenters. The highest BCUT2D eigenvalue weighted by atomic mass is 35.5. The molecule has 4 rings (SSSR count). The Morgan fingerprint density at radius 1 is 0.923 bits per heavy atom. The van der Waals surface area contributed by atoms with Crippen molar-refractivity contribution in [2.45, 2.75) is 38.5 Å². The minimum absolute atomic E-state index is 0.805. The van der Waals surface area contributed by atoms with Crippen molar-refractivity contribution in [3.05, 3.63) is 52.6 Å². The lowest BCUT2D eigenvalue weighted by molar-refractivity contribution is 0.254. The molecule has 4 nitrogen and oxygen atoms in total. The van der Waals surface area contributed by atoms with Crippen molar-refractivity contribution in [1.82, 2.24) is 14.9 Å². The zero-order valence-corrected chi connectivity index (χ0v) is 16.1. The van der Waals surface area contributed by atoms with Gasteiger partial charge in [0.1, 0.15) is 6.33 Å². The van der Waals surface area contributed by atoms with Crippen LogP contribution in [0.3, 0.4) is 0 Å². The van der Waals surface area contributed by atoms with Crippen molar-refractivity contribution in [2.24, 2.45) is 0 Å². The van der Waals surface area contributed by atoms with E-state index in [0.29, 0.717) is 0 Å². The van der Waals surface area contributed by atoms with Gasteiger partial charge >= 0.3 is 0 Å². The first-order valence-electron chi connectivity index (χ1n) is 9.84. The molecular weight excluding hydrogens is 344 g/mol.